The van der Waals surface area contributed by atoms with Gasteiger partial charge in [0.15, 0.2) is 0 Å². The van der Waals surface area contributed by atoms with Gasteiger partial charge in [-0.3, -0.25) is 4.79 Å². The van der Waals surface area contributed by atoms with E-state index in [1.807, 2.05) is 93.6 Å². The minimum Gasteiger partial charge on any atom is -0.464 e. The first-order chi connectivity index (χ1) is 14.9. The maximum Gasteiger partial charge on any atom is 0.322 e. The van der Waals surface area contributed by atoms with Crippen LogP contribution in [0.3, 0.4) is 0 Å². The highest BCUT2D eigenvalue weighted by atomic mass is 16.3. The Morgan fingerprint density at radius 1 is 0.903 bits per heavy atom. The van der Waals surface area contributed by atoms with E-state index in [1.54, 1.807) is 9.80 Å². The molecule has 1 aromatic heterocycles. The second-order valence-corrected chi connectivity index (χ2v) is 7.77. The van der Waals surface area contributed by atoms with Gasteiger partial charge in [-0.1, -0.05) is 48.5 Å². The van der Waals surface area contributed by atoms with Crippen molar-refractivity contribution in [1.29, 1.82) is 0 Å². The third-order valence-corrected chi connectivity index (χ3v) is 4.93. The summed E-state index contributed by atoms with van der Waals surface area (Å²) >= 11 is 0. The van der Waals surface area contributed by atoms with Crippen LogP contribution in [0.4, 0.5) is 10.5 Å². The van der Waals surface area contributed by atoms with Crippen molar-refractivity contribution < 1.29 is 14.0 Å². The van der Waals surface area contributed by atoms with E-state index in [9.17, 15) is 9.59 Å². The van der Waals surface area contributed by atoms with Crippen molar-refractivity contribution in [2.75, 3.05) is 11.9 Å². The SMILES string of the molecule is Cc1ccc(CN(Cc2ccccc2)C(=O)CN(C(=O)Nc2ccccc2)C(C)C)o1. The maximum absolute atomic E-state index is 13.3. The van der Waals surface area contributed by atoms with Crippen molar-refractivity contribution in [3.05, 3.63) is 89.9 Å². The predicted molar refractivity (Wildman–Crippen MR) is 121 cm³/mol. The number of amides is 3. The van der Waals surface area contributed by atoms with Crippen LogP contribution in [0, 0.1) is 6.92 Å². The number of anilines is 1. The summed E-state index contributed by atoms with van der Waals surface area (Å²) < 4.78 is 5.69. The number of nitrogens with one attached hydrogen (secondary N) is 1. The first kappa shape index (κ1) is 22.2. The molecule has 1 heterocycles. The molecule has 6 heteroatoms. The van der Waals surface area contributed by atoms with Gasteiger partial charge < -0.3 is 19.5 Å². The van der Waals surface area contributed by atoms with Crippen LogP contribution in [0.25, 0.3) is 0 Å². The average Bonchev–Trinajstić information content (AvgIpc) is 3.17. The Hall–Kier alpha value is -3.54. The van der Waals surface area contributed by atoms with Gasteiger partial charge in [0.05, 0.1) is 6.54 Å². The molecule has 0 atom stereocenters. The lowest BCUT2D eigenvalue weighted by Crippen LogP contribution is -2.47. The van der Waals surface area contributed by atoms with Crippen molar-refractivity contribution in [3.8, 4) is 0 Å². The summed E-state index contributed by atoms with van der Waals surface area (Å²) in [4.78, 5) is 29.4. The van der Waals surface area contributed by atoms with Crippen molar-refractivity contribution in [2.24, 2.45) is 0 Å². The number of rotatable bonds is 8. The molecule has 0 unspecified atom stereocenters. The Balaban J connectivity index is 1.75. The van der Waals surface area contributed by atoms with E-state index in [2.05, 4.69) is 5.32 Å². The van der Waals surface area contributed by atoms with Gasteiger partial charge in [-0.2, -0.15) is 0 Å². The molecule has 162 valence electrons. The summed E-state index contributed by atoms with van der Waals surface area (Å²) in [7, 11) is 0. The van der Waals surface area contributed by atoms with Gasteiger partial charge in [0, 0.05) is 18.3 Å². The van der Waals surface area contributed by atoms with Gasteiger partial charge in [0.2, 0.25) is 5.91 Å². The molecule has 0 fully saturated rings. The van der Waals surface area contributed by atoms with Gasteiger partial charge in [-0.15, -0.1) is 0 Å². The topological polar surface area (TPSA) is 65.8 Å². The molecule has 0 aliphatic heterocycles. The first-order valence-corrected chi connectivity index (χ1v) is 10.4. The Morgan fingerprint density at radius 3 is 2.13 bits per heavy atom. The fraction of sp³-hybridized carbons (Fsp3) is 0.280. The number of carbonyl (C=O) groups is 2. The van der Waals surface area contributed by atoms with E-state index < -0.39 is 0 Å². The van der Waals surface area contributed by atoms with Crippen LogP contribution in [0.2, 0.25) is 0 Å². The fourth-order valence-corrected chi connectivity index (χ4v) is 3.25. The van der Waals surface area contributed by atoms with E-state index in [1.165, 1.54) is 0 Å². The second kappa shape index (κ2) is 10.5. The molecule has 3 aromatic rings. The highest BCUT2D eigenvalue weighted by Crippen LogP contribution is 2.15. The molecule has 0 radical (unpaired) electrons. The van der Waals surface area contributed by atoms with Crippen LogP contribution in [0.15, 0.2) is 77.2 Å². The number of carbonyl (C=O) groups excluding carboxylic acids is 2. The molecule has 0 aliphatic rings. The molecule has 0 saturated heterocycles. The van der Waals surface area contributed by atoms with Gasteiger partial charge in [-0.05, 0) is 50.6 Å². The molecule has 3 rings (SSSR count). The quantitative estimate of drug-likeness (QED) is 0.555. The fourth-order valence-electron chi connectivity index (χ4n) is 3.25. The Kier molecular flexibility index (Phi) is 7.49. The van der Waals surface area contributed by atoms with Crippen LogP contribution in [0.5, 0.6) is 0 Å². The van der Waals surface area contributed by atoms with Crippen LogP contribution in [0.1, 0.15) is 30.9 Å². The molecule has 0 bridgehead atoms. The normalized spacial score (nSPS) is 10.7. The molecule has 0 aliphatic carbocycles. The average molecular weight is 420 g/mol. The Morgan fingerprint density at radius 2 is 1.55 bits per heavy atom. The molecule has 3 amide bonds. The number of hydrogen-bond acceptors (Lipinski definition) is 3. The number of nitrogens with zero attached hydrogens (tertiary/aromatic N) is 2. The highest BCUT2D eigenvalue weighted by molar-refractivity contribution is 5.92. The highest BCUT2D eigenvalue weighted by Gasteiger charge is 2.24. The van der Waals surface area contributed by atoms with Crippen LogP contribution in [-0.2, 0) is 17.9 Å². The number of furan rings is 1. The zero-order valence-corrected chi connectivity index (χ0v) is 18.2. The van der Waals surface area contributed by atoms with Crippen LogP contribution < -0.4 is 5.32 Å². The molecule has 1 N–H and O–H groups in total. The first-order valence-electron chi connectivity index (χ1n) is 10.4. The third-order valence-electron chi connectivity index (χ3n) is 4.93. The number of hydrogen-bond donors (Lipinski definition) is 1. The second-order valence-electron chi connectivity index (χ2n) is 7.77. The van der Waals surface area contributed by atoms with Crippen molar-refractivity contribution in [2.45, 2.75) is 39.9 Å². The minimum absolute atomic E-state index is 0.0249. The van der Waals surface area contributed by atoms with Gasteiger partial charge >= 0.3 is 6.03 Å². The Labute approximate surface area is 183 Å². The monoisotopic (exact) mass is 419 g/mol. The lowest BCUT2D eigenvalue weighted by Gasteiger charge is -2.30. The van der Waals surface area contributed by atoms with Gasteiger partial charge in [-0.25, -0.2) is 4.79 Å². The van der Waals surface area contributed by atoms with Crippen molar-refractivity contribution in [1.82, 2.24) is 9.80 Å². The number of aryl methyl sites for hydroxylation is 1. The molecule has 2 aromatic carbocycles. The largest absolute Gasteiger partial charge is 0.464 e. The summed E-state index contributed by atoms with van der Waals surface area (Å²) in [5, 5.41) is 2.87. The maximum atomic E-state index is 13.3. The summed E-state index contributed by atoms with van der Waals surface area (Å²) in [6.07, 6.45) is 0. The summed E-state index contributed by atoms with van der Waals surface area (Å²) in [6.45, 7) is 6.42. The van der Waals surface area contributed by atoms with Gasteiger partial charge in [0.25, 0.3) is 0 Å². The van der Waals surface area contributed by atoms with Crippen LogP contribution >= 0.6 is 0 Å². The predicted octanol–water partition coefficient (Wildman–Crippen LogP) is 5.06. The van der Waals surface area contributed by atoms with Crippen molar-refractivity contribution in [3.63, 3.8) is 0 Å². The lowest BCUT2D eigenvalue weighted by atomic mass is 10.2. The molecular weight excluding hydrogens is 390 g/mol. The number of para-hydroxylation sites is 1. The lowest BCUT2D eigenvalue weighted by molar-refractivity contribution is -0.133. The smallest absolute Gasteiger partial charge is 0.322 e. The zero-order chi connectivity index (χ0) is 22.2. The van der Waals surface area contributed by atoms with E-state index in [0.29, 0.717) is 24.5 Å². The van der Waals surface area contributed by atoms with Crippen LogP contribution in [-0.4, -0.2) is 34.3 Å². The van der Waals surface area contributed by atoms with E-state index in [4.69, 9.17) is 4.42 Å². The molecule has 31 heavy (non-hydrogen) atoms. The summed E-state index contributed by atoms with van der Waals surface area (Å²) in [6, 6.07) is 22.4. The minimum atomic E-state index is -0.303. The standard InChI is InChI=1S/C25H29N3O3/c1-19(2)28(25(30)26-22-12-8-5-9-13-22)18-24(29)27(16-21-10-6-4-7-11-21)17-23-15-14-20(3)31-23/h4-15,19H,16-18H2,1-3H3,(H,26,30). The third kappa shape index (κ3) is 6.47. The zero-order valence-electron chi connectivity index (χ0n) is 18.2. The molecule has 0 spiro atoms. The van der Waals surface area contributed by atoms with E-state index in [-0.39, 0.29) is 24.5 Å². The molecule has 6 nitrogen and oxygen atoms in total. The number of urea groups is 1. The molecule has 0 saturated carbocycles. The summed E-state index contributed by atoms with van der Waals surface area (Å²) in [5.74, 6) is 1.37. The Bertz CT molecular complexity index is 984. The van der Waals surface area contributed by atoms with Gasteiger partial charge in [0.1, 0.15) is 18.1 Å². The van der Waals surface area contributed by atoms with Crippen molar-refractivity contribution >= 4 is 17.6 Å². The van der Waals surface area contributed by atoms with E-state index in [0.717, 1.165) is 11.3 Å². The van der Waals surface area contributed by atoms with E-state index >= 15 is 0 Å². The number of benzene rings is 2. The molecular formula is C25H29N3O3. The summed E-state index contributed by atoms with van der Waals surface area (Å²) in [5.41, 5.74) is 1.71.